The molecular formula is C24H21N3O2. The Kier molecular flexibility index (Phi) is 4.58. The first kappa shape index (κ1) is 17.6. The maximum Gasteiger partial charge on any atom is 0.255 e. The minimum absolute atomic E-state index is 0.132. The highest BCUT2D eigenvalue weighted by Gasteiger charge is 2.29. The van der Waals surface area contributed by atoms with E-state index >= 15 is 0 Å². The maximum absolute atomic E-state index is 12.8. The summed E-state index contributed by atoms with van der Waals surface area (Å²) in [5.41, 5.74) is 4.67. The molecule has 1 atom stereocenters. The van der Waals surface area contributed by atoms with Gasteiger partial charge >= 0.3 is 0 Å². The molecule has 3 aromatic rings. The van der Waals surface area contributed by atoms with Crippen LogP contribution < -0.4 is 15.4 Å². The van der Waals surface area contributed by atoms with Crippen LogP contribution in [0.3, 0.4) is 0 Å². The van der Waals surface area contributed by atoms with Gasteiger partial charge in [-0.15, -0.1) is 0 Å². The highest BCUT2D eigenvalue weighted by Crippen LogP contribution is 2.39. The van der Waals surface area contributed by atoms with Crippen LogP contribution in [0.5, 0.6) is 11.5 Å². The summed E-state index contributed by atoms with van der Waals surface area (Å²) in [5.74, 6) is 1.64. The molecule has 0 bridgehead atoms. The molecule has 1 amide bonds. The fourth-order valence-electron chi connectivity index (χ4n) is 3.90. The number of carbonyl (C=O) groups is 1. The third kappa shape index (κ3) is 3.65. The van der Waals surface area contributed by atoms with Crippen LogP contribution in [0.15, 0.2) is 77.8 Å². The Balaban J connectivity index is 1.32. The van der Waals surface area contributed by atoms with Gasteiger partial charge in [-0.1, -0.05) is 24.3 Å². The average Bonchev–Trinajstić information content (AvgIpc) is 3.13. The molecule has 0 aliphatic carbocycles. The number of aliphatic imine (C=N–C) groups is 1. The van der Waals surface area contributed by atoms with E-state index < -0.39 is 0 Å². The fourth-order valence-corrected chi connectivity index (χ4v) is 3.90. The van der Waals surface area contributed by atoms with Crippen molar-refractivity contribution in [3.63, 3.8) is 0 Å². The second kappa shape index (κ2) is 7.53. The lowest BCUT2D eigenvalue weighted by atomic mass is 9.89. The summed E-state index contributed by atoms with van der Waals surface area (Å²) < 4.78 is 5.85. The molecule has 2 heterocycles. The number of hydrogen-bond acceptors (Lipinski definition) is 4. The van der Waals surface area contributed by atoms with Gasteiger partial charge in [-0.2, -0.15) is 0 Å². The predicted molar refractivity (Wildman–Crippen MR) is 115 cm³/mol. The molecule has 0 radical (unpaired) electrons. The van der Waals surface area contributed by atoms with Gasteiger partial charge in [0.1, 0.15) is 11.5 Å². The van der Waals surface area contributed by atoms with Gasteiger partial charge in [0, 0.05) is 35.5 Å². The molecule has 0 saturated carbocycles. The zero-order valence-electron chi connectivity index (χ0n) is 15.9. The van der Waals surface area contributed by atoms with Crippen LogP contribution in [0.1, 0.15) is 28.3 Å². The Morgan fingerprint density at radius 1 is 1.00 bits per heavy atom. The Bertz CT molecular complexity index is 1090. The van der Waals surface area contributed by atoms with Gasteiger partial charge in [-0.25, -0.2) is 0 Å². The summed E-state index contributed by atoms with van der Waals surface area (Å²) in [6.45, 7) is 1.81. The van der Waals surface area contributed by atoms with Crippen LogP contribution in [-0.4, -0.2) is 24.7 Å². The second-order valence-electron chi connectivity index (χ2n) is 7.29. The molecule has 29 heavy (non-hydrogen) atoms. The summed E-state index contributed by atoms with van der Waals surface area (Å²) in [4.78, 5) is 17.6. The van der Waals surface area contributed by atoms with Gasteiger partial charge in [-0.3, -0.25) is 9.79 Å². The van der Waals surface area contributed by atoms with Gasteiger partial charge in [0.2, 0.25) is 0 Å². The van der Waals surface area contributed by atoms with Crippen molar-refractivity contribution in [2.24, 2.45) is 4.99 Å². The van der Waals surface area contributed by atoms with E-state index in [0.717, 1.165) is 36.5 Å². The zero-order valence-corrected chi connectivity index (χ0v) is 15.9. The number of hydrogen-bond donors (Lipinski definition) is 2. The second-order valence-corrected chi connectivity index (χ2v) is 7.29. The van der Waals surface area contributed by atoms with Crippen molar-refractivity contribution < 1.29 is 9.53 Å². The van der Waals surface area contributed by atoms with Crippen LogP contribution >= 0.6 is 0 Å². The average molecular weight is 383 g/mol. The Morgan fingerprint density at radius 2 is 1.86 bits per heavy atom. The van der Waals surface area contributed by atoms with Crippen LogP contribution in [0.4, 0.5) is 11.4 Å². The number of anilines is 1. The van der Waals surface area contributed by atoms with Gasteiger partial charge in [0.25, 0.3) is 5.91 Å². The third-order valence-corrected chi connectivity index (χ3v) is 5.32. The molecular weight excluding hydrogens is 362 g/mol. The highest BCUT2D eigenvalue weighted by atomic mass is 16.5. The van der Waals surface area contributed by atoms with E-state index in [2.05, 4.69) is 10.6 Å². The monoisotopic (exact) mass is 383 g/mol. The lowest BCUT2D eigenvalue weighted by Gasteiger charge is -2.21. The number of ether oxygens (including phenoxy) is 1. The molecule has 3 aromatic carbocycles. The van der Waals surface area contributed by atoms with Crippen molar-refractivity contribution in [3.8, 4) is 11.5 Å². The molecule has 2 aliphatic rings. The molecule has 5 heteroatoms. The van der Waals surface area contributed by atoms with E-state index in [1.54, 1.807) is 0 Å². The Hall–Kier alpha value is -3.44. The standard InChI is InChI=1S/C24H21N3O2/c28-24(16-9-10-22-21(13-16)20-11-12-25-15-23(20)27-22)26-17-5-4-8-19(14-17)29-18-6-2-1-3-7-18/h1-10,13-14,20,25H,11-12,15H2,(H,26,28). The number of benzene rings is 3. The molecule has 2 N–H and O–H groups in total. The van der Waals surface area contributed by atoms with Crippen molar-refractivity contribution in [1.82, 2.24) is 5.32 Å². The zero-order chi connectivity index (χ0) is 19.6. The summed E-state index contributed by atoms with van der Waals surface area (Å²) in [6.07, 6.45) is 1.02. The molecule has 5 rings (SSSR count). The molecule has 2 aliphatic heterocycles. The topological polar surface area (TPSA) is 62.7 Å². The fraction of sp³-hybridized carbons (Fsp3) is 0.167. The first-order chi connectivity index (χ1) is 14.3. The first-order valence-corrected chi connectivity index (χ1v) is 9.83. The highest BCUT2D eigenvalue weighted by molar-refractivity contribution is 6.06. The number of amides is 1. The van der Waals surface area contributed by atoms with E-state index in [4.69, 9.17) is 9.73 Å². The molecule has 0 aromatic heterocycles. The summed E-state index contributed by atoms with van der Waals surface area (Å²) >= 11 is 0. The smallest absolute Gasteiger partial charge is 0.255 e. The van der Waals surface area contributed by atoms with E-state index in [0.29, 0.717) is 22.9 Å². The maximum atomic E-state index is 12.8. The minimum atomic E-state index is -0.132. The molecule has 5 nitrogen and oxygen atoms in total. The number of piperidine rings is 1. The summed E-state index contributed by atoms with van der Waals surface area (Å²) in [7, 11) is 0. The van der Waals surface area contributed by atoms with Gasteiger partial charge in [0.15, 0.2) is 0 Å². The number of nitrogens with one attached hydrogen (secondary N) is 2. The number of carbonyl (C=O) groups excluding carboxylic acids is 1. The van der Waals surface area contributed by atoms with Gasteiger partial charge in [0.05, 0.1) is 5.69 Å². The van der Waals surface area contributed by atoms with E-state index in [-0.39, 0.29) is 5.91 Å². The van der Waals surface area contributed by atoms with Crippen LogP contribution in [0.2, 0.25) is 0 Å². The largest absolute Gasteiger partial charge is 0.457 e. The number of rotatable bonds is 4. The van der Waals surface area contributed by atoms with Crippen LogP contribution in [0, 0.1) is 0 Å². The Labute approximate surface area is 169 Å². The Morgan fingerprint density at radius 3 is 2.76 bits per heavy atom. The number of fused-ring (bicyclic) bond motifs is 3. The van der Waals surface area contributed by atoms with Crippen molar-refractivity contribution in [2.45, 2.75) is 12.3 Å². The SMILES string of the molecule is O=C(Nc1cccc(Oc2ccccc2)c1)c1ccc2c(c1)C1CCNCC1=N2. The normalized spacial score (nSPS) is 17.1. The molecule has 0 spiro atoms. The first-order valence-electron chi connectivity index (χ1n) is 9.83. The predicted octanol–water partition coefficient (Wildman–Crippen LogP) is 4.89. The van der Waals surface area contributed by atoms with Crippen LogP contribution in [0.25, 0.3) is 0 Å². The quantitative estimate of drug-likeness (QED) is 0.674. The van der Waals surface area contributed by atoms with E-state index in [1.165, 1.54) is 5.71 Å². The van der Waals surface area contributed by atoms with E-state index in [1.807, 2.05) is 72.8 Å². The van der Waals surface area contributed by atoms with Crippen molar-refractivity contribution in [1.29, 1.82) is 0 Å². The third-order valence-electron chi connectivity index (χ3n) is 5.32. The minimum Gasteiger partial charge on any atom is -0.457 e. The molecule has 1 saturated heterocycles. The van der Waals surface area contributed by atoms with Gasteiger partial charge in [-0.05, 0) is 61.0 Å². The summed E-state index contributed by atoms with van der Waals surface area (Å²) in [5, 5.41) is 6.34. The van der Waals surface area contributed by atoms with Gasteiger partial charge < -0.3 is 15.4 Å². The number of para-hydroxylation sites is 1. The van der Waals surface area contributed by atoms with Crippen molar-refractivity contribution >= 4 is 23.0 Å². The van der Waals surface area contributed by atoms with Crippen molar-refractivity contribution in [2.75, 3.05) is 18.4 Å². The van der Waals surface area contributed by atoms with E-state index in [9.17, 15) is 4.79 Å². The molecule has 1 unspecified atom stereocenters. The number of nitrogens with zero attached hydrogens (tertiary/aromatic N) is 1. The molecule has 1 fully saturated rings. The summed E-state index contributed by atoms with van der Waals surface area (Å²) in [6, 6.07) is 22.8. The van der Waals surface area contributed by atoms with Crippen molar-refractivity contribution in [3.05, 3.63) is 83.9 Å². The lowest BCUT2D eigenvalue weighted by Crippen LogP contribution is -2.34. The van der Waals surface area contributed by atoms with Crippen LogP contribution in [-0.2, 0) is 0 Å². The molecule has 144 valence electrons. The lowest BCUT2D eigenvalue weighted by molar-refractivity contribution is 0.102.